The number of esters is 1. The third-order valence-electron chi connectivity index (χ3n) is 3.31. The molecule has 0 aliphatic carbocycles. The topological polar surface area (TPSA) is 29.5 Å². The van der Waals surface area contributed by atoms with Crippen molar-refractivity contribution in [3.8, 4) is 0 Å². The molecule has 1 heterocycles. The molecule has 0 spiro atoms. The van der Waals surface area contributed by atoms with Gasteiger partial charge in [0.15, 0.2) is 0 Å². The first-order valence-electron chi connectivity index (χ1n) is 5.62. The van der Waals surface area contributed by atoms with E-state index < -0.39 is 0 Å². The minimum atomic E-state index is -0.117. The van der Waals surface area contributed by atoms with E-state index in [-0.39, 0.29) is 18.1 Å². The van der Waals surface area contributed by atoms with Gasteiger partial charge in [-0.2, -0.15) is 0 Å². The van der Waals surface area contributed by atoms with Crippen LogP contribution in [0.3, 0.4) is 0 Å². The van der Waals surface area contributed by atoms with Gasteiger partial charge in [-0.15, -0.1) is 0 Å². The normalized spacial score (nSPS) is 22.2. The average molecular weight is 219 g/mol. The monoisotopic (exact) mass is 219 g/mol. The van der Waals surface area contributed by atoms with E-state index in [4.69, 9.17) is 4.74 Å². The van der Waals surface area contributed by atoms with Crippen molar-refractivity contribution in [1.82, 2.24) is 4.90 Å². The summed E-state index contributed by atoms with van der Waals surface area (Å²) in [5, 5.41) is 0. The highest BCUT2D eigenvalue weighted by molar-refractivity contribution is 5.76. The molecule has 0 radical (unpaired) electrons. The number of hydrogen-bond acceptors (Lipinski definition) is 3. The molecule has 0 bridgehead atoms. The molecular formula is C13H17NO2. The van der Waals surface area contributed by atoms with Gasteiger partial charge in [-0.1, -0.05) is 30.3 Å². The highest BCUT2D eigenvalue weighted by Crippen LogP contribution is 2.30. The van der Waals surface area contributed by atoms with Gasteiger partial charge in [0.1, 0.15) is 6.04 Å². The van der Waals surface area contributed by atoms with Crippen molar-refractivity contribution in [3.05, 3.63) is 35.9 Å². The van der Waals surface area contributed by atoms with E-state index in [0.717, 1.165) is 13.0 Å². The van der Waals surface area contributed by atoms with Crippen molar-refractivity contribution in [1.29, 1.82) is 0 Å². The quantitative estimate of drug-likeness (QED) is 0.728. The van der Waals surface area contributed by atoms with Crippen molar-refractivity contribution < 1.29 is 9.53 Å². The Bertz CT molecular complexity index is 363. The molecule has 0 saturated carbocycles. The highest BCUT2D eigenvalue weighted by atomic mass is 16.5. The minimum absolute atomic E-state index is 0.0554. The number of rotatable bonds is 3. The third-order valence-corrected chi connectivity index (χ3v) is 3.31. The van der Waals surface area contributed by atoms with Crippen LogP contribution in [0.15, 0.2) is 30.3 Å². The molecule has 1 saturated heterocycles. The van der Waals surface area contributed by atoms with Crippen molar-refractivity contribution in [2.45, 2.75) is 25.4 Å². The molecule has 3 heteroatoms. The molecular weight excluding hydrogens is 202 g/mol. The lowest BCUT2D eigenvalue weighted by atomic mass is 9.96. The van der Waals surface area contributed by atoms with Gasteiger partial charge >= 0.3 is 5.97 Å². The second-order valence-electron chi connectivity index (χ2n) is 4.15. The number of carbonyl (C=O) groups is 1. The fraction of sp³-hybridized carbons (Fsp3) is 0.462. The lowest BCUT2D eigenvalue weighted by molar-refractivity contribution is -0.153. The maximum Gasteiger partial charge on any atom is 0.323 e. The maximum absolute atomic E-state index is 11.5. The Morgan fingerprint density at radius 3 is 2.62 bits per heavy atom. The molecule has 2 rings (SSSR count). The molecule has 0 amide bonds. The maximum atomic E-state index is 11.5. The molecule has 0 aromatic heterocycles. The van der Waals surface area contributed by atoms with Crippen LogP contribution in [0.2, 0.25) is 0 Å². The number of likely N-dealkylation sites (tertiary alicyclic amines) is 1. The van der Waals surface area contributed by atoms with Crippen molar-refractivity contribution in [2.24, 2.45) is 0 Å². The predicted octanol–water partition coefficient (Wildman–Crippen LogP) is 1.99. The molecule has 3 nitrogen and oxygen atoms in total. The second-order valence-corrected chi connectivity index (χ2v) is 4.15. The van der Waals surface area contributed by atoms with Crippen LogP contribution in [0.4, 0.5) is 0 Å². The van der Waals surface area contributed by atoms with Crippen LogP contribution in [0.5, 0.6) is 0 Å². The zero-order valence-corrected chi connectivity index (χ0v) is 9.72. The van der Waals surface area contributed by atoms with E-state index in [1.54, 1.807) is 0 Å². The second kappa shape index (κ2) is 4.66. The Labute approximate surface area is 96.0 Å². The summed E-state index contributed by atoms with van der Waals surface area (Å²) in [6, 6.07) is 10.5. The van der Waals surface area contributed by atoms with Crippen molar-refractivity contribution in [2.75, 3.05) is 13.7 Å². The Morgan fingerprint density at radius 1 is 1.44 bits per heavy atom. The van der Waals surface area contributed by atoms with Gasteiger partial charge in [0.25, 0.3) is 0 Å². The molecule has 1 aromatic carbocycles. The lowest BCUT2D eigenvalue weighted by Gasteiger charge is -2.43. The first kappa shape index (κ1) is 11.1. The predicted molar refractivity (Wildman–Crippen MR) is 62.0 cm³/mol. The summed E-state index contributed by atoms with van der Waals surface area (Å²) in [5.74, 6) is -0.117. The van der Waals surface area contributed by atoms with Gasteiger partial charge in [-0.05, 0) is 18.9 Å². The van der Waals surface area contributed by atoms with E-state index >= 15 is 0 Å². The standard InChI is InChI=1S/C13H17NO2/c1-10(11-6-4-3-5-7-11)14-9-8-12(14)13(15)16-2/h3-7,10,12H,8-9H2,1-2H3/t10-,12+/m1/s1. The van der Waals surface area contributed by atoms with E-state index in [9.17, 15) is 4.79 Å². The van der Waals surface area contributed by atoms with E-state index in [2.05, 4.69) is 24.0 Å². The van der Waals surface area contributed by atoms with Gasteiger partial charge in [0.05, 0.1) is 7.11 Å². The Hall–Kier alpha value is -1.35. The molecule has 1 aliphatic rings. The molecule has 2 atom stereocenters. The number of methoxy groups -OCH3 is 1. The van der Waals surface area contributed by atoms with Crippen LogP contribution in [0.1, 0.15) is 24.9 Å². The highest BCUT2D eigenvalue weighted by Gasteiger charge is 2.38. The summed E-state index contributed by atoms with van der Waals surface area (Å²) in [7, 11) is 1.45. The Balaban J connectivity index is 2.06. The Morgan fingerprint density at radius 2 is 2.12 bits per heavy atom. The molecule has 86 valence electrons. The lowest BCUT2D eigenvalue weighted by Crippen LogP contribution is -2.53. The van der Waals surface area contributed by atoms with Crippen LogP contribution < -0.4 is 0 Å². The number of hydrogen-bond donors (Lipinski definition) is 0. The molecule has 0 unspecified atom stereocenters. The number of benzene rings is 1. The number of nitrogens with zero attached hydrogens (tertiary/aromatic N) is 1. The summed E-state index contributed by atoms with van der Waals surface area (Å²) in [5.41, 5.74) is 1.25. The molecule has 1 fully saturated rings. The SMILES string of the molecule is COC(=O)[C@@H]1CCN1[C@H](C)c1ccccc1. The number of ether oxygens (including phenoxy) is 1. The van der Waals surface area contributed by atoms with Crippen LogP contribution in [-0.4, -0.2) is 30.6 Å². The van der Waals surface area contributed by atoms with Gasteiger partial charge in [-0.3, -0.25) is 9.69 Å². The zero-order valence-electron chi connectivity index (χ0n) is 9.72. The van der Waals surface area contributed by atoms with E-state index in [0.29, 0.717) is 0 Å². The summed E-state index contributed by atoms with van der Waals surface area (Å²) in [6.07, 6.45) is 0.907. The van der Waals surface area contributed by atoms with E-state index in [1.165, 1.54) is 12.7 Å². The largest absolute Gasteiger partial charge is 0.468 e. The molecule has 16 heavy (non-hydrogen) atoms. The van der Waals surface area contributed by atoms with E-state index in [1.807, 2.05) is 18.2 Å². The summed E-state index contributed by atoms with van der Waals surface area (Å²) >= 11 is 0. The zero-order chi connectivity index (χ0) is 11.5. The van der Waals surface area contributed by atoms with Crippen LogP contribution in [0.25, 0.3) is 0 Å². The third kappa shape index (κ3) is 1.95. The van der Waals surface area contributed by atoms with Crippen molar-refractivity contribution >= 4 is 5.97 Å². The minimum Gasteiger partial charge on any atom is -0.468 e. The van der Waals surface area contributed by atoms with Crippen LogP contribution >= 0.6 is 0 Å². The van der Waals surface area contributed by atoms with Gasteiger partial charge in [-0.25, -0.2) is 0 Å². The van der Waals surface area contributed by atoms with Crippen LogP contribution in [-0.2, 0) is 9.53 Å². The Kier molecular flexibility index (Phi) is 3.25. The fourth-order valence-electron chi connectivity index (χ4n) is 2.18. The summed E-state index contributed by atoms with van der Waals surface area (Å²) in [6.45, 7) is 3.10. The number of carbonyl (C=O) groups excluding carboxylic acids is 1. The first-order chi connectivity index (χ1) is 7.74. The van der Waals surface area contributed by atoms with Gasteiger partial charge in [0.2, 0.25) is 0 Å². The first-order valence-corrected chi connectivity index (χ1v) is 5.62. The summed E-state index contributed by atoms with van der Waals surface area (Å²) in [4.78, 5) is 13.7. The molecule has 1 aliphatic heterocycles. The van der Waals surface area contributed by atoms with Gasteiger partial charge in [0, 0.05) is 12.6 Å². The smallest absolute Gasteiger partial charge is 0.323 e. The van der Waals surface area contributed by atoms with Crippen molar-refractivity contribution in [3.63, 3.8) is 0 Å². The summed E-state index contributed by atoms with van der Waals surface area (Å²) < 4.78 is 4.79. The fourth-order valence-corrected chi connectivity index (χ4v) is 2.18. The van der Waals surface area contributed by atoms with Crippen LogP contribution in [0, 0.1) is 0 Å². The molecule has 1 aromatic rings. The molecule has 0 N–H and O–H groups in total. The average Bonchev–Trinajstić information content (AvgIpc) is 2.28. The van der Waals surface area contributed by atoms with Gasteiger partial charge < -0.3 is 4.74 Å².